The van der Waals surface area contributed by atoms with Crippen molar-refractivity contribution in [1.82, 2.24) is 4.90 Å². The third-order valence-electron chi connectivity index (χ3n) is 5.41. The number of rotatable bonds is 11. The van der Waals surface area contributed by atoms with Gasteiger partial charge in [-0.1, -0.05) is 81.2 Å². The van der Waals surface area contributed by atoms with E-state index >= 15 is 0 Å². The first kappa shape index (κ1) is 25.0. The van der Waals surface area contributed by atoms with Gasteiger partial charge < -0.3 is 0 Å². The van der Waals surface area contributed by atoms with Crippen LogP contribution in [-0.4, -0.2) is 6.54 Å². The molecular weight excluding hydrogens is 395 g/mol. The Kier molecular flexibility index (Phi) is 10.7. The highest BCUT2D eigenvalue weighted by Gasteiger charge is 2.34. The van der Waals surface area contributed by atoms with Crippen molar-refractivity contribution in [3.8, 4) is 11.8 Å². The van der Waals surface area contributed by atoms with Gasteiger partial charge in [-0.3, -0.25) is 0 Å². The number of hydrogen-bond acceptors (Lipinski definition) is 1. The summed E-state index contributed by atoms with van der Waals surface area (Å²) in [5.41, 5.74) is 1.83. The van der Waals surface area contributed by atoms with E-state index in [0.29, 0.717) is 18.7 Å². The number of benzene rings is 2. The van der Waals surface area contributed by atoms with Crippen LogP contribution in [-0.2, 0) is 19.3 Å². The standard InChI is InChI=1S/C27H34F3N/c1-3-5-6-7-8-9-10-11-14-23-17-19-24(20-18-23)21-31(4-2)22-25-15-12-13-16-26(25)27(28,29)30/h12-13,15-20H,3-10,21-22H2,1-2H3/q+1. The van der Waals surface area contributed by atoms with E-state index in [0.717, 1.165) is 30.0 Å². The molecule has 0 heterocycles. The summed E-state index contributed by atoms with van der Waals surface area (Å²) < 4.78 is 39.8. The van der Waals surface area contributed by atoms with E-state index in [1.165, 1.54) is 38.2 Å². The van der Waals surface area contributed by atoms with Gasteiger partial charge in [0.25, 0.3) is 0 Å². The van der Waals surface area contributed by atoms with Gasteiger partial charge in [0, 0.05) is 23.1 Å². The zero-order valence-electron chi connectivity index (χ0n) is 18.8. The normalized spacial score (nSPS) is 11.4. The Balaban J connectivity index is 1.87. The number of hydrogen-bond donors (Lipinski definition) is 0. The molecule has 0 N–H and O–H groups in total. The molecule has 0 saturated carbocycles. The maximum Gasteiger partial charge on any atom is 0.416 e. The Morgan fingerprint density at radius 1 is 0.806 bits per heavy atom. The van der Waals surface area contributed by atoms with Crippen LogP contribution >= 0.6 is 0 Å². The molecule has 0 aliphatic rings. The smallest absolute Gasteiger partial charge is 0.166 e. The van der Waals surface area contributed by atoms with Crippen molar-refractivity contribution in [3.63, 3.8) is 0 Å². The molecule has 0 saturated heterocycles. The van der Waals surface area contributed by atoms with E-state index < -0.39 is 11.7 Å². The van der Waals surface area contributed by atoms with Crippen molar-refractivity contribution < 1.29 is 13.2 Å². The molecule has 2 rings (SSSR count). The van der Waals surface area contributed by atoms with Crippen LogP contribution in [0.25, 0.3) is 0 Å². The van der Waals surface area contributed by atoms with Gasteiger partial charge in [0.2, 0.25) is 0 Å². The van der Waals surface area contributed by atoms with Gasteiger partial charge in [-0.2, -0.15) is 18.1 Å². The molecule has 4 heteroatoms. The van der Waals surface area contributed by atoms with Gasteiger partial charge in [0.05, 0.1) is 5.56 Å². The summed E-state index contributed by atoms with van der Waals surface area (Å²) >= 11 is 0. The Bertz CT molecular complexity index is 828. The average molecular weight is 430 g/mol. The molecule has 0 aliphatic carbocycles. The SMILES string of the molecule is CCCCCCCCC#Cc1ccc(C[N+](CC)Cc2ccccc2C(F)(F)F)cc1. The molecule has 0 unspecified atom stereocenters. The van der Waals surface area contributed by atoms with Crippen LogP contribution in [0, 0.1) is 11.8 Å². The summed E-state index contributed by atoms with van der Waals surface area (Å²) in [5.74, 6) is 6.47. The van der Waals surface area contributed by atoms with Crippen LogP contribution in [0.4, 0.5) is 13.2 Å². The zero-order valence-corrected chi connectivity index (χ0v) is 18.8. The fourth-order valence-electron chi connectivity index (χ4n) is 3.57. The maximum atomic E-state index is 13.3. The van der Waals surface area contributed by atoms with Crippen molar-refractivity contribution in [2.45, 2.75) is 78.1 Å². The average Bonchev–Trinajstić information content (AvgIpc) is 2.76. The fraction of sp³-hybridized carbons (Fsp3) is 0.481. The largest absolute Gasteiger partial charge is 0.416 e. The molecule has 167 valence electrons. The highest BCUT2D eigenvalue weighted by Crippen LogP contribution is 2.32. The number of halogens is 3. The molecule has 1 nitrogen and oxygen atoms in total. The van der Waals surface area contributed by atoms with Gasteiger partial charge >= 0.3 is 6.18 Å². The fourth-order valence-corrected chi connectivity index (χ4v) is 3.57. The lowest BCUT2D eigenvalue weighted by molar-refractivity contribution is -0.138. The number of unbranched alkanes of at least 4 members (excludes halogenated alkanes) is 6. The summed E-state index contributed by atoms with van der Waals surface area (Å²) in [5, 5.41) is 0. The van der Waals surface area contributed by atoms with Crippen LogP contribution in [0.5, 0.6) is 0 Å². The molecule has 0 amide bonds. The van der Waals surface area contributed by atoms with E-state index in [4.69, 9.17) is 0 Å². The summed E-state index contributed by atoms with van der Waals surface area (Å²) in [6.07, 6.45) is 4.21. The van der Waals surface area contributed by atoms with Crippen molar-refractivity contribution in [2.75, 3.05) is 6.54 Å². The van der Waals surface area contributed by atoms with E-state index in [-0.39, 0.29) is 6.54 Å². The van der Waals surface area contributed by atoms with E-state index in [2.05, 4.69) is 18.8 Å². The Hall–Kier alpha value is -2.25. The second-order valence-electron chi connectivity index (χ2n) is 7.97. The van der Waals surface area contributed by atoms with Crippen molar-refractivity contribution in [3.05, 3.63) is 70.8 Å². The number of nitrogens with zero attached hydrogens (tertiary/aromatic N) is 1. The number of alkyl halides is 3. The van der Waals surface area contributed by atoms with Crippen molar-refractivity contribution >= 4 is 0 Å². The summed E-state index contributed by atoms with van der Waals surface area (Å²) in [6, 6.07) is 13.9. The summed E-state index contributed by atoms with van der Waals surface area (Å²) in [6.45, 7) is 5.74. The van der Waals surface area contributed by atoms with Crippen LogP contribution < -0.4 is 4.90 Å². The first-order valence-electron chi connectivity index (χ1n) is 11.4. The topological polar surface area (TPSA) is 5.90 Å². The summed E-state index contributed by atoms with van der Waals surface area (Å²) in [4.78, 5) is 2.02. The van der Waals surface area contributed by atoms with E-state index in [1.807, 2.05) is 36.1 Å². The maximum absolute atomic E-state index is 13.3. The highest BCUT2D eigenvalue weighted by molar-refractivity contribution is 5.36. The van der Waals surface area contributed by atoms with Crippen LogP contribution in [0.15, 0.2) is 48.5 Å². The highest BCUT2D eigenvalue weighted by atomic mass is 19.4. The Morgan fingerprint density at radius 2 is 1.48 bits per heavy atom. The predicted molar refractivity (Wildman–Crippen MR) is 123 cm³/mol. The van der Waals surface area contributed by atoms with Crippen LogP contribution in [0.3, 0.4) is 0 Å². The summed E-state index contributed by atoms with van der Waals surface area (Å²) in [7, 11) is 0. The minimum absolute atomic E-state index is 0.270. The molecule has 2 aromatic carbocycles. The monoisotopic (exact) mass is 429 g/mol. The zero-order chi connectivity index (χ0) is 22.5. The molecule has 31 heavy (non-hydrogen) atoms. The lowest BCUT2D eigenvalue weighted by Crippen LogP contribution is -2.29. The first-order valence-corrected chi connectivity index (χ1v) is 11.4. The first-order chi connectivity index (χ1) is 14.9. The third-order valence-corrected chi connectivity index (χ3v) is 5.41. The second kappa shape index (κ2) is 13.2. The Morgan fingerprint density at radius 3 is 2.16 bits per heavy atom. The molecule has 0 atom stereocenters. The van der Waals surface area contributed by atoms with Gasteiger partial charge in [-0.25, -0.2) is 0 Å². The molecule has 0 bridgehead atoms. The molecule has 0 fully saturated rings. The Labute approximate surface area is 185 Å². The van der Waals surface area contributed by atoms with Crippen molar-refractivity contribution in [2.24, 2.45) is 0 Å². The minimum atomic E-state index is -4.33. The van der Waals surface area contributed by atoms with E-state index in [9.17, 15) is 13.2 Å². The van der Waals surface area contributed by atoms with Crippen LogP contribution in [0.2, 0.25) is 0 Å². The third kappa shape index (κ3) is 9.19. The molecule has 0 aliphatic heterocycles. The van der Waals surface area contributed by atoms with Gasteiger partial charge in [-0.15, -0.1) is 0 Å². The quantitative estimate of drug-likeness (QED) is 0.196. The molecular formula is C27H34F3N+. The van der Waals surface area contributed by atoms with Crippen molar-refractivity contribution in [1.29, 1.82) is 0 Å². The second-order valence-corrected chi connectivity index (χ2v) is 7.97. The van der Waals surface area contributed by atoms with Gasteiger partial charge in [0.15, 0.2) is 0 Å². The predicted octanol–water partition coefficient (Wildman–Crippen LogP) is 7.67. The lowest BCUT2D eigenvalue weighted by Gasteiger charge is -2.15. The minimum Gasteiger partial charge on any atom is -0.166 e. The molecule has 0 aromatic heterocycles. The van der Waals surface area contributed by atoms with Gasteiger partial charge in [0.1, 0.15) is 19.6 Å². The van der Waals surface area contributed by atoms with Crippen LogP contribution in [0.1, 0.15) is 81.0 Å². The molecule has 0 spiro atoms. The lowest BCUT2D eigenvalue weighted by atomic mass is 10.1. The molecule has 2 aromatic rings. The van der Waals surface area contributed by atoms with Gasteiger partial charge in [-0.05, 0) is 31.5 Å². The van der Waals surface area contributed by atoms with E-state index in [1.54, 1.807) is 12.1 Å². The molecule has 1 radical (unpaired) electrons.